The molecule has 2 aliphatic rings. The van der Waals surface area contributed by atoms with E-state index in [4.69, 9.17) is 5.73 Å². The molecule has 5 heteroatoms. The highest BCUT2D eigenvalue weighted by atomic mass is 16.2. The van der Waals surface area contributed by atoms with E-state index in [0.717, 1.165) is 32.4 Å². The molecule has 0 aromatic heterocycles. The first-order valence-electron chi connectivity index (χ1n) is 6.74. The van der Waals surface area contributed by atoms with Gasteiger partial charge in [-0.1, -0.05) is 13.8 Å². The quantitative estimate of drug-likeness (QED) is 0.733. The molecule has 0 saturated carbocycles. The summed E-state index contributed by atoms with van der Waals surface area (Å²) in [6.07, 6.45) is 2.65. The number of carbonyl (C=O) groups excluding carboxylic acids is 2. The first-order valence-corrected chi connectivity index (χ1v) is 6.74. The topological polar surface area (TPSA) is 75.4 Å². The molecule has 0 aromatic carbocycles. The van der Waals surface area contributed by atoms with Gasteiger partial charge in [-0.3, -0.25) is 9.59 Å². The summed E-state index contributed by atoms with van der Waals surface area (Å²) in [5.41, 5.74) is 5.16. The number of nitrogens with one attached hydrogen (secondary N) is 1. The summed E-state index contributed by atoms with van der Waals surface area (Å²) >= 11 is 0. The third-order valence-electron chi connectivity index (χ3n) is 4.26. The van der Waals surface area contributed by atoms with Gasteiger partial charge in [-0.2, -0.15) is 0 Å². The maximum Gasteiger partial charge on any atom is 0.228 e. The molecule has 2 aliphatic heterocycles. The number of primary amides is 1. The summed E-state index contributed by atoms with van der Waals surface area (Å²) < 4.78 is 0. The van der Waals surface area contributed by atoms with E-state index < -0.39 is 0 Å². The number of amides is 2. The fourth-order valence-corrected chi connectivity index (χ4v) is 3.11. The minimum Gasteiger partial charge on any atom is -0.369 e. The van der Waals surface area contributed by atoms with Crippen molar-refractivity contribution in [1.29, 1.82) is 0 Å². The number of hydrogen-bond donors (Lipinski definition) is 2. The van der Waals surface area contributed by atoms with Crippen LogP contribution in [0.4, 0.5) is 0 Å². The molecule has 0 aromatic rings. The average molecular weight is 253 g/mol. The zero-order valence-electron chi connectivity index (χ0n) is 11.2. The zero-order chi connectivity index (χ0) is 13.3. The van der Waals surface area contributed by atoms with Crippen LogP contribution in [0.25, 0.3) is 0 Å². The Morgan fingerprint density at radius 3 is 2.89 bits per heavy atom. The predicted molar refractivity (Wildman–Crippen MR) is 68.7 cm³/mol. The zero-order valence-corrected chi connectivity index (χ0v) is 11.2. The van der Waals surface area contributed by atoms with Crippen LogP contribution in [0.3, 0.4) is 0 Å². The highest BCUT2D eigenvalue weighted by molar-refractivity contribution is 5.84. The van der Waals surface area contributed by atoms with Gasteiger partial charge in [0.25, 0.3) is 0 Å². The lowest BCUT2D eigenvalue weighted by atomic mass is 9.80. The fraction of sp³-hybridized carbons (Fsp3) is 0.846. The molecule has 0 aliphatic carbocycles. The maximum atomic E-state index is 12.5. The van der Waals surface area contributed by atoms with Crippen LogP contribution >= 0.6 is 0 Å². The summed E-state index contributed by atoms with van der Waals surface area (Å²) in [5.74, 6) is -0.324. The van der Waals surface area contributed by atoms with Gasteiger partial charge in [-0.15, -0.1) is 0 Å². The predicted octanol–water partition coefficient (Wildman–Crippen LogP) is 0.0984. The number of carbonyl (C=O) groups is 2. The minimum absolute atomic E-state index is 0.0664. The molecule has 2 rings (SSSR count). The summed E-state index contributed by atoms with van der Waals surface area (Å²) in [4.78, 5) is 25.9. The standard InChI is InChI=1S/C13H23N3O2/c1-13(2)5-3-7-16(12(13)18)10-8-15-6-4-9(10)11(14)17/h9-10,15H,3-8H2,1-2H3,(H2,14,17). The molecule has 0 bridgehead atoms. The van der Waals surface area contributed by atoms with Crippen molar-refractivity contribution in [1.82, 2.24) is 10.2 Å². The lowest BCUT2D eigenvalue weighted by Crippen LogP contribution is -2.60. The smallest absolute Gasteiger partial charge is 0.228 e. The van der Waals surface area contributed by atoms with Crippen LogP contribution in [0.2, 0.25) is 0 Å². The second-order valence-corrected chi connectivity index (χ2v) is 6.05. The first-order chi connectivity index (χ1) is 8.43. The van der Waals surface area contributed by atoms with Gasteiger partial charge in [-0.05, 0) is 25.8 Å². The Morgan fingerprint density at radius 1 is 1.50 bits per heavy atom. The van der Waals surface area contributed by atoms with E-state index >= 15 is 0 Å². The Morgan fingerprint density at radius 2 is 2.22 bits per heavy atom. The highest BCUT2D eigenvalue weighted by Crippen LogP contribution is 2.33. The van der Waals surface area contributed by atoms with Crippen LogP contribution in [-0.2, 0) is 9.59 Å². The molecule has 5 nitrogen and oxygen atoms in total. The molecule has 2 fully saturated rings. The van der Waals surface area contributed by atoms with Crippen LogP contribution in [0.1, 0.15) is 33.1 Å². The Labute approximate surface area is 108 Å². The van der Waals surface area contributed by atoms with Crippen molar-refractivity contribution in [2.24, 2.45) is 17.1 Å². The fourth-order valence-electron chi connectivity index (χ4n) is 3.11. The van der Waals surface area contributed by atoms with Gasteiger partial charge >= 0.3 is 0 Å². The Balaban J connectivity index is 2.18. The lowest BCUT2D eigenvalue weighted by molar-refractivity contribution is -0.149. The molecule has 102 valence electrons. The van der Waals surface area contributed by atoms with Crippen LogP contribution in [0, 0.1) is 11.3 Å². The molecule has 2 saturated heterocycles. The molecule has 2 heterocycles. The Hall–Kier alpha value is -1.10. The van der Waals surface area contributed by atoms with Crippen LogP contribution in [-0.4, -0.2) is 42.4 Å². The second kappa shape index (κ2) is 4.88. The Kier molecular flexibility index (Phi) is 3.61. The number of likely N-dealkylation sites (tertiary alicyclic amines) is 1. The highest BCUT2D eigenvalue weighted by Gasteiger charge is 2.42. The summed E-state index contributed by atoms with van der Waals surface area (Å²) in [6, 6.07) is -0.0664. The van der Waals surface area contributed by atoms with Gasteiger partial charge in [0.05, 0.1) is 12.0 Å². The molecule has 3 N–H and O–H groups in total. The number of piperidine rings is 2. The van der Waals surface area contributed by atoms with E-state index in [-0.39, 0.29) is 29.2 Å². The van der Waals surface area contributed by atoms with Crippen LogP contribution < -0.4 is 11.1 Å². The summed E-state index contributed by atoms with van der Waals surface area (Å²) in [7, 11) is 0. The average Bonchev–Trinajstić information content (AvgIpc) is 2.32. The van der Waals surface area contributed by atoms with E-state index in [1.54, 1.807) is 0 Å². The Bertz CT molecular complexity index is 354. The number of nitrogens with two attached hydrogens (primary N) is 1. The number of nitrogens with zero attached hydrogens (tertiary/aromatic N) is 1. The van der Waals surface area contributed by atoms with Gasteiger partial charge in [0.1, 0.15) is 0 Å². The first kappa shape index (κ1) is 13.3. The minimum atomic E-state index is -0.308. The molecular weight excluding hydrogens is 230 g/mol. The SMILES string of the molecule is CC1(C)CCCN(C2CNCCC2C(N)=O)C1=O. The normalized spacial score (nSPS) is 32.3. The molecule has 2 atom stereocenters. The van der Waals surface area contributed by atoms with Gasteiger partial charge in [0.2, 0.25) is 11.8 Å². The van der Waals surface area contributed by atoms with Crippen molar-refractivity contribution < 1.29 is 9.59 Å². The third-order valence-corrected chi connectivity index (χ3v) is 4.26. The van der Waals surface area contributed by atoms with E-state index in [1.807, 2.05) is 18.7 Å². The lowest BCUT2D eigenvalue weighted by Gasteiger charge is -2.45. The van der Waals surface area contributed by atoms with Gasteiger partial charge in [0, 0.05) is 18.5 Å². The molecular formula is C13H23N3O2. The van der Waals surface area contributed by atoms with Crippen LogP contribution in [0.5, 0.6) is 0 Å². The third kappa shape index (κ3) is 2.36. The van der Waals surface area contributed by atoms with E-state index in [0.29, 0.717) is 6.54 Å². The van der Waals surface area contributed by atoms with Gasteiger partial charge < -0.3 is 16.0 Å². The van der Waals surface area contributed by atoms with Crippen molar-refractivity contribution >= 4 is 11.8 Å². The van der Waals surface area contributed by atoms with E-state index in [2.05, 4.69) is 5.32 Å². The van der Waals surface area contributed by atoms with Crippen molar-refractivity contribution in [2.75, 3.05) is 19.6 Å². The van der Waals surface area contributed by atoms with E-state index in [1.165, 1.54) is 0 Å². The molecule has 18 heavy (non-hydrogen) atoms. The summed E-state index contributed by atoms with van der Waals surface area (Å²) in [6.45, 7) is 6.19. The van der Waals surface area contributed by atoms with Gasteiger partial charge in [0.15, 0.2) is 0 Å². The van der Waals surface area contributed by atoms with Crippen LogP contribution in [0.15, 0.2) is 0 Å². The van der Waals surface area contributed by atoms with E-state index in [9.17, 15) is 9.59 Å². The van der Waals surface area contributed by atoms with Crippen molar-refractivity contribution in [2.45, 2.75) is 39.2 Å². The van der Waals surface area contributed by atoms with Crippen molar-refractivity contribution in [3.8, 4) is 0 Å². The largest absolute Gasteiger partial charge is 0.369 e. The molecule has 2 amide bonds. The number of rotatable bonds is 2. The van der Waals surface area contributed by atoms with Crippen molar-refractivity contribution in [3.05, 3.63) is 0 Å². The monoisotopic (exact) mass is 253 g/mol. The maximum absolute atomic E-state index is 12.5. The molecule has 2 unspecified atom stereocenters. The number of hydrogen-bond acceptors (Lipinski definition) is 3. The summed E-state index contributed by atoms with van der Waals surface area (Å²) in [5, 5.41) is 3.26. The van der Waals surface area contributed by atoms with Gasteiger partial charge in [-0.25, -0.2) is 0 Å². The molecule has 0 spiro atoms. The molecule has 0 radical (unpaired) electrons. The second-order valence-electron chi connectivity index (χ2n) is 6.05. The van der Waals surface area contributed by atoms with Crippen molar-refractivity contribution in [3.63, 3.8) is 0 Å².